The summed E-state index contributed by atoms with van der Waals surface area (Å²) in [4.78, 5) is 13.5. The summed E-state index contributed by atoms with van der Waals surface area (Å²) in [7, 11) is 0. The molecule has 1 amide bonds. The zero-order valence-electron chi connectivity index (χ0n) is 10.8. The molecule has 4 N–H and O–H groups in total. The van der Waals surface area contributed by atoms with Gasteiger partial charge in [-0.05, 0) is 25.5 Å². The second-order valence-corrected chi connectivity index (χ2v) is 5.10. The molecule has 3 atom stereocenters. The van der Waals surface area contributed by atoms with Gasteiger partial charge in [-0.2, -0.15) is 0 Å². The van der Waals surface area contributed by atoms with Crippen molar-refractivity contribution >= 4 is 5.91 Å². The maximum atomic E-state index is 11.2. The van der Waals surface area contributed by atoms with Crippen molar-refractivity contribution in [2.24, 2.45) is 17.4 Å². The quantitative estimate of drug-likeness (QED) is 0.829. The summed E-state index contributed by atoms with van der Waals surface area (Å²) in [6, 6.07) is 10.4. The lowest BCUT2D eigenvalue weighted by Gasteiger charge is -2.31. The van der Waals surface area contributed by atoms with Gasteiger partial charge in [0.05, 0.1) is 5.92 Å². The fourth-order valence-electron chi connectivity index (χ4n) is 2.77. The summed E-state index contributed by atoms with van der Waals surface area (Å²) in [6.07, 6.45) is 0.839. The van der Waals surface area contributed by atoms with Crippen LogP contribution in [0.4, 0.5) is 0 Å². The Bertz CT molecular complexity index is 405. The van der Waals surface area contributed by atoms with Gasteiger partial charge in [-0.15, -0.1) is 0 Å². The lowest BCUT2D eigenvalue weighted by molar-refractivity contribution is -0.121. The first kappa shape index (κ1) is 13.1. The molecule has 1 heterocycles. The molecule has 0 bridgehead atoms. The van der Waals surface area contributed by atoms with Gasteiger partial charge in [0.1, 0.15) is 0 Å². The summed E-state index contributed by atoms with van der Waals surface area (Å²) < 4.78 is 0. The molecule has 0 radical (unpaired) electrons. The average molecular weight is 247 g/mol. The van der Waals surface area contributed by atoms with E-state index in [1.54, 1.807) is 0 Å². The summed E-state index contributed by atoms with van der Waals surface area (Å²) in [6.45, 7) is 3.61. The van der Waals surface area contributed by atoms with E-state index >= 15 is 0 Å². The van der Waals surface area contributed by atoms with Crippen LogP contribution in [0.2, 0.25) is 0 Å². The zero-order valence-corrected chi connectivity index (χ0v) is 10.8. The minimum absolute atomic E-state index is 0.0269. The Labute approximate surface area is 108 Å². The molecule has 1 aliphatic heterocycles. The highest BCUT2D eigenvalue weighted by Crippen LogP contribution is 2.29. The van der Waals surface area contributed by atoms with E-state index in [1.807, 2.05) is 25.1 Å². The first-order valence-electron chi connectivity index (χ1n) is 6.43. The van der Waals surface area contributed by atoms with Crippen LogP contribution in [0.3, 0.4) is 0 Å². The molecule has 1 aliphatic rings. The van der Waals surface area contributed by atoms with Crippen molar-refractivity contribution in [3.8, 4) is 0 Å². The molecular formula is C14H21N3O. The molecule has 0 aliphatic carbocycles. The van der Waals surface area contributed by atoms with Gasteiger partial charge in [0.15, 0.2) is 0 Å². The number of nitrogens with two attached hydrogens (primary N) is 2. The van der Waals surface area contributed by atoms with Gasteiger partial charge in [0, 0.05) is 18.6 Å². The third-order valence-corrected chi connectivity index (χ3v) is 3.65. The molecule has 1 saturated heterocycles. The summed E-state index contributed by atoms with van der Waals surface area (Å²) in [5, 5.41) is 0. The third kappa shape index (κ3) is 2.71. The number of hydrogen-bond acceptors (Lipinski definition) is 3. The van der Waals surface area contributed by atoms with E-state index in [1.165, 1.54) is 5.56 Å². The number of amides is 1. The monoisotopic (exact) mass is 247 g/mol. The molecule has 3 unspecified atom stereocenters. The number of carbonyl (C=O) groups is 1. The smallest absolute Gasteiger partial charge is 0.221 e. The summed E-state index contributed by atoms with van der Waals surface area (Å²) in [5.74, 6) is -0.232. The SMILES string of the molecule is CC(N)C(c1ccccc1)N1CCC(C(N)=O)C1. The van der Waals surface area contributed by atoms with E-state index in [9.17, 15) is 4.79 Å². The number of likely N-dealkylation sites (tertiary alicyclic amines) is 1. The minimum atomic E-state index is -0.200. The van der Waals surface area contributed by atoms with E-state index < -0.39 is 0 Å². The van der Waals surface area contributed by atoms with Crippen LogP contribution in [0.15, 0.2) is 30.3 Å². The normalized spacial score (nSPS) is 23.8. The van der Waals surface area contributed by atoms with Gasteiger partial charge in [0.25, 0.3) is 0 Å². The summed E-state index contributed by atoms with van der Waals surface area (Å²) >= 11 is 0. The summed E-state index contributed by atoms with van der Waals surface area (Å²) in [5.41, 5.74) is 12.7. The predicted molar refractivity (Wildman–Crippen MR) is 71.7 cm³/mol. The number of nitrogens with zero attached hydrogens (tertiary/aromatic N) is 1. The van der Waals surface area contributed by atoms with E-state index in [-0.39, 0.29) is 23.9 Å². The second-order valence-electron chi connectivity index (χ2n) is 5.10. The van der Waals surface area contributed by atoms with Crippen molar-refractivity contribution in [1.82, 2.24) is 4.90 Å². The minimum Gasteiger partial charge on any atom is -0.369 e. The average Bonchev–Trinajstić information content (AvgIpc) is 2.79. The highest BCUT2D eigenvalue weighted by molar-refractivity contribution is 5.77. The van der Waals surface area contributed by atoms with Crippen molar-refractivity contribution in [2.75, 3.05) is 13.1 Å². The van der Waals surface area contributed by atoms with E-state index in [4.69, 9.17) is 11.5 Å². The van der Waals surface area contributed by atoms with Gasteiger partial charge in [-0.1, -0.05) is 30.3 Å². The van der Waals surface area contributed by atoms with Crippen molar-refractivity contribution in [2.45, 2.75) is 25.4 Å². The Morgan fingerprint density at radius 3 is 2.56 bits per heavy atom. The van der Waals surface area contributed by atoms with Gasteiger partial charge in [-0.25, -0.2) is 0 Å². The van der Waals surface area contributed by atoms with Crippen LogP contribution in [-0.4, -0.2) is 29.9 Å². The van der Waals surface area contributed by atoms with Crippen molar-refractivity contribution < 1.29 is 4.79 Å². The highest BCUT2D eigenvalue weighted by Gasteiger charge is 2.33. The lowest BCUT2D eigenvalue weighted by atomic mass is 9.99. The van der Waals surface area contributed by atoms with Gasteiger partial charge >= 0.3 is 0 Å². The molecule has 1 aromatic carbocycles. The van der Waals surface area contributed by atoms with E-state index in [0.717, 1.165) is 19.5 Å². The van der Waals surface area contributed by atoms with Crippen LogP contribution < -0.4 is 11.5 Å². The Balaban J connectivity index is 2.15. The number of carbonyl (C=O) groups excluding carboxylic acids is 1. The first-order valence-corrected chi connectivity index (χ1v) is 6.43. The molecule has 1 aromatic rings. The predicted octanol–water partition coefficient (Wildman–Crippen LogP) is 0.882. The fourth-order valence-corrected chi connectivity index (χ4v) is 2.77. The number of rotatable bonds is 4. The Morgan fingerprint density at radius 1 is 1.39 bits per heavy atom. The van der Waals surface area contributed by atoms with Crippen LogP contribution >= 0.6 is 0 Å². The zero-order chi connectivity index (χ0) is 13.1. The maximum Gasteiger partial charge on any atom is 0.221 e. The molecule has 0 saturated carbocycles. The molecule has 1 fully saturated rings. The lowest BCUT2D eigenvalue weighted by Crippen LogP contribution is -2.39. The van der Waals surface area contributed by atoms with Gasteiger partial charge in [-0.3, -0.25) is 9.69 Å². The molecule has 0 aromatic heterocycles. The topological polar surface area (TPSA) is 72.3 Å². The van der Waals surface area contributed by atoms with Crippen LogP contribution in [0.1, 0.15) is 24.9 Å². The Hall–Kier alpha value is -1.39. The Kier molecular flexibility index (Phi) is 3.99. The number of hydrogen-bond donors (Lipinski definition) is 2. The highest BCUT2D eigenvalue weighted by atomic mass is 16.1. The largest absolute Gasteiger partial charge is 0.369 e. The van der Waals surface area contributed by atoms with Crippen molar-refractivity contribution in [3.63, 3.8) is 0 Å². The molecule has 2 rings (SSSR count). The van der Waals surface area contributed by atoms with Gasteiger partial charge < -0.3 is 11.5 Å². The number of primary amides is 1. The van der Waals surface area contributed by atoms with Crippen molar-refractivity contribution in [3.05, 3.63) is 35.9 Å². The molecule has 4 heteroatoms. The van der Waals surface area contributed by atoms with Crippen LogP contribution in [0, 0.1) is 5.92 Å². The van der Waals surface area contributed by atoms with Gasteiger partial charge in [0.2, 0.25) is 5.91 Å². The van der Waals surface area contributed by atoms with Crippen LogP contribution in [-0.2, 0) is 4.79 Å². The third-order valence-electron chi connectivity index (χ3n) is 3.65. The molecule has 4 nitrogen and oxygen atoms in total. The van der Waals surface area contributed by atoms with E-state index in [0.29, 0.717) is 0 Å². The first-order chi connectivity index (χ1) is 8.59. The standard InChI is InChI=1S/C14H21N3O/c1-10(15)13(11-5-3-2-4-6-11)17-8-7-12(9-17)14(16)18/h2-6,10,12-13H,7-9,15H2,1H3,(H2,16,18). The van der Waals surface area contributed by atoms with Crippen LogP contribution in [0.5, 0.6) is 0 Å². The Morgan fingerprint density at radius 2 is 2.06 bits per heavy atom. The molecule has 18 heavy (non-hydrogen) atoms. The molecular weight excluding hydrogens is 226 g/mol. The van der Waals surface area contributed by atoms with Crippen LogP contribution in [0.25, 0.3) is 0 Å². The second kappa shape index (κ2) is 5.50. The fraction of sp³-hybridized carbons (Fsp3) is 0.500. The van der Waals surface area contributed by atoms with Crippen molar-refractivity contribution in [1.29, 1.82) is 0 Å². The molecule has 98 valence electrons. The maximum absolute atomic E-state index is 11.2. The van der Waals surface area contributed by atoms with E-state index in [2.05, 4.69) is 17.0 Å². The number of benzene rings is 1. The molecule has 0 spiro atoms.